The molecule has 142 valence electrons. The van der Waals surface area contributed by atoms with E-state index in [0.29, 0.717) is 0 Å². The van der Waals surface area contributed by atoms with Gasteiger partial charge in [0.05, 0.1) is 24.6 Å². The lowest BCUT2D eigenvalue weighted by Gasteiger charge is -2.35. The van der Waals surface area contributed by atoms with Gasteiger partial charge in [0, 0.05) is 44.5 Å². The molecule has 0 bridgehead atoms. The first kappa shape index (κ1) is 17.6. The lowest BCUT2D eigenvalue weighted by molar-refractivity contribution is 0.239. The van der Waals surface area contributed by atoms with Crippen molar-refractivity contribution in [1.29, 1.82) is 0 Å². The largest absolute Gasteiger partial charge is 0.354 e. The van der Waals surface area contributed by atoms with Crippen LogP contribution >= 0.6 is 0 Å². The zero-order valence-electron chi connectivity index (χ0n) is 16.1. The third-order valence-corrected chi connectivity index (χ3v) is 4.82. The van der Waals surface area contributed by atoms with Crippen molar-refractivity contribution in [3.63, 3.8) is 0 Å². The fourth-order valence-corrected chi connectivity index (χ4v) is 3.46. The lowest BCUT2D eigenvalue weighted by atomic mass is 10.3. The third kappa shape index (κ3) is 3.97. The van der Waals surface area contributed by atoms with Gasteiger partial charge in [-0.2, -0.15) is 20.1 Å². The van der Waals surface area contributed by atoms with Crippen molar-refractivity contribution in [2.45, 2.75) is 27.3 Å². The number of aromatic nitrogens is 7. The summed E-state index contributed by atoms with van der Waals surface area (Å²) in [4.78, 5) is 15.7. The van der Waals surface area contributed by atoms with E-state index in [-0.39, 0.29) is 0 Å². The molecule has 0 atom stereocenters. The van der Waals surface area contributed by atoms with Crippen molar-refractivity contribution in [3.05, 3.63) is 41.7 Å². The van der Waals surface area contributed by atoms with Gasteiger partial charge < -0.3 is 4.90 Å². The second kappa shape index (κ2) is 7.43. The summed E-state index contributed by atoms with van der Waals surface area (Å²) in [6, 6.07) is 4.10. The standard InChI is InChI=1S/C18H25N9/c1-14-12-15(2)27(23-14)18-13-17(21-16(3)22-18)25-9-6-24(7-10-25)8-11-26-19-4-5-20-26/h4-5,12-13H,6-11H2,1-3H3. The van der Waals surface area contributed by atoms with Gasteiger partial charge in [0.25, 0.3) is 0 Å². The SMILES string of the molecule is Cc1cc(C)n(-c2cc(N3CCN(CCn4nccn4)CC3)nc(C)n2)n1. The summed E-state index contributed by atoms with van der Waals surface area (Å²) in [5.74, 6) is 2.57. The maximum absolute atomic E-state index is 4.66. The van der Waals surface area contributed by atoms with E-state index >= 15 is 0 Å². The minimum absolute atomic E-state index is 0.766. The lowest BCUT2D eigenvalue weighted by Crippen LogP contribution is -2.47. The Bertz CT molecular complexity index is 892. The summed E-state index contributed by atoms with van der Waals surface area (Å²) in [6.45, 7) is 11.6. The smallest absolute Gasteiger partial charge is 0.159 e. The van der Waals surface area contributed by atoms with Gasteiger partial charge >= 0.3 is 0 Å². The quantitative estimate of drug-likeness (QED) is 0.665. The molecule has 1 aliphatic rings. The number of rotatable bonds is 5. The maximum atomic E-state index is 4.66. The first-order valence-electron chi connectivity index (χ1n) is 9.29. The molecule has 4 rings (SSSR count). The molecule has 27 heavy (non-hydrogen) atoms. The van der Waals surface area contributed by atoms with Crippen LogP contribution in [0.1, 0.15) is 17.2 Å². The Morgan fingerprint density at radius 2 is 1.56 bits per heavy atom. The highest BCUT2D eigenvalue weighted by molar-refractivity contribution is 5.45. The maximum Gasteiger partial charge on any atom is 0.159 e. The summed E-state index contributed by atoms with van der Waals surface area (Å²) in [5, 5.41) is 12.9. The molecule has 1 saturated heterocycles. The topological polar surface area (TPSA) is 80.8 Å². The van der Waals surface area contributed by atoms with Gasteiger partial charge in [0.15, 0.2) is 5.82 Å². The summed E-state index contributed by atoms with van der Waals surface area (Å²) >= 11 is 0. The molecule has 1 fully saturated rings. The van der Waals surface area contributed by atoms with E-state index in [4.69, 9.17) is 0 Å². The van der Waals surface area contributed by atoms with Gasteiger partial charge in [0.2, 0.25) is 0 Å². The number of piperazine rings is 1. The molecule has 0 unspecified atom stereocenters. The molecular formula is C18H25N9. The Morgan fingerprint density at radius 1 is 0.852 bits per heavy atom. The highest BCUT2D eigenvalue weighted by atomic mass is 15.5. The predicted octanol–water partition coefficient (Wildman–Crippen LogP) is 1.00. The summed E-state index contributed by atoms with van der Waals surface area (Å²) < 4.78 is 1.89. The highest BCUT2D eigenvalue weighted by Crippen LogP contribution is 2.18. The van der Waals surface area contributed by atoms with Gasteiger partial charge in [-0.05, 0) is 26.8 Å². The normalized spacial score (nSPS) is 15.4. The highest BCUT2D eigenvalue weighted by Gasteiger charge is 2.19. The van der Waals surface area contributed by atoms with Crippen LogP contribution in [0.25, 0.3) is 5.82 Å². The number of nitrogens with zero attached hydrogens (tertiary/aromatic N) is 9. The van der Waals surface area contributed by atoms with E-state index in [0.717, 1.165) is 68.1 Å². The first-order valence-corrected chi connectivity index (χ1v) is 9.29. The van der Waals surface area contributed by atoms with Crippen molar-refractivity contribution in [2.75, 3.05) is 37.6 Å². The molecule has 0 radical (unpaired) electrons. The molecule has 0 amide bonds. The van der Waals surface area contributed by atoms with Crippen LogP contribution in [0.3, 0.4) is 0 Å². The monoisotopic (exact) mass is 367 g/mol. The second-order valence-corrected chi connectivity index (χ2v) is 6.92. The molecule has 9 nitrogen and oxygen atoms in total. The van der Waals surface area contributed by atoms with Crippen LogP contribution < -0.4 is 4.90 Å². The average Bonchev–Trinajstić information content (AvgIpc) is 3.29. The fraction of sp³-hybridized carbons (Fsp3) is 0.500. The average molecular weight is 367 g/mol. The van der Waals surface area contributed by atoms with Crippen LogP contribution in [0.4, 0.5) is 5.82 Å². The molecule has 0 saturated carbocycles. The van der Waals surface area contributed by atoms with Crippen molar-refractivity contribution in [1.82, 2.24) is 39.6 Å². The fourth-order valence-electron chi connectivity index (χ4n) is 3.46. The van der Waals surface area contributed by atoms with Gasteiger partial charge in [-0.15, -0.1) is 0 Å². The molecule has 0 aromatic carbocycles. The van der Waals surface area contributed by atoms with Crippen LogP contribution in [0.5, 0.6) is 0 Å². The number of hydrogen-bond donors (Lipinski definition) is 0. The van der Waals surface area contributed by atoms with E-state index in [1.54, 1.807) is 17.2 Å². The Labute approximate surface area is 158 Å². The summed E-state index contributed by atoms with van der Waals surface area (Å²) in [6.07, 6.45) is 3.44. The Morgan fingerprint density at radius 3 is 2.22 bits per heavy atom. The zero-order chi connectivity index (χ0) is 18.8. The molecule has 9 heteroatoms. The summed E-state index contributed by atoms with van der Waals surface area (Å²) in [7, 11) is 0. The Balaban J connectivity index is 1.43. The number of hydrogen-bond acceptors (Lipinski definition) is 7. The van der Waals surface area contributed by atoms with Crippen LogP contribution in [0.15, 0.2) is 24.5 Å². The number of aryl methyl sites for hydroxylation is 3. The molecule has 3 aromatic heterocycles. The Hall–Kier alpha value is -2.81. The van der Waals surface area contributed by atoms with Gasteiger partial charge in [-0.3, -0.25) is 4.90 Å². The van der Waals surface area contributed by atoms with Crippen LogP contribution in [-0.2, 0) is 6.54 Å². The van der Waals surface area contributed by atoms with E-state index in [2.05, 4.69) is 41.1 Å². The zero-order valence-corrected chi connectivity index (χ0v) is 16.1. The molecule has 0 N–H and O–H groups in total. The van der Waals surface area contributed by atoms with Crippen molar-refractivity contribution < 1.29 is 0 Å². The van der Waals surface area contributed by atoms with Gasteiger partial charge in [-0.1, -0.05) is 0 Å². The molecule has 4 heterocycles. The molecule has 3 aromatic rings. The van der Waals surface area contributed by atoms with E-state index in [1.165, 1.54) is 0 Å². The van der Waals surface area contributed by atoms with E-state index in [1.807, 2.05) is 31.5 Å². The van der Waals surface area contributed by atoms with Gasteiger partial charge in [-0.25, -0.2) is 14.6 Å². The molecule has 0 spiro atoms. The third-order valence-electron chi connectivity index (χ3n) is 4.82. The van der Waals surface area contributed by atoms with E-state index in [9.17, 15) is 0 Å². The Kier molecular flexibility index (Phi) is 4.85. The second-order valence-electron chi connectivity index (χ2n) is 6.92. The number of anilines is 1. The molecule has 1 aliphatic heterocycles. The van der Waals surface area contributed by atoms with Crippen molar-refractivity contribution >= 4 is 5.82 Å². The van der Waals surface area contributed by atoms with Crippen LogP contribution in [0, 0.1) is 20.8 Å². The van der Waals surface area contributed by atoms with Crippen molar-refractivity contribution in [3.8, 4) is 5.82 Å². The van der Waals surface area contributed by atoms with Gasteiger partial charge in [0.1, 0.15) is 11.6 Å². The first-order chi connectivity index (χ1) is 13.1. The summed E-state index contributed by atoms with van der Waals surface area (Å²) in [5.41, 5.74) is 2.07. The molecular weight excluding hydrogens is 342 g/mol. The predicted molar refractivity (Wildman–Crippen MR) is 102 cm³/mol. The minimum Gasteiger partial charge on any atom is -0.354 e. The van der Waals surface area contributed by atoms with Crippen LogP contribution in [-0.4, -0.2) is 72.4 Å². The van der Waals surface area contributed by atoms with Crippen LogP contribution in [0.2, 0.25) is 0 Å². The minimum atomic E-state index is 0.766. The molecule has 0 aliphatic carbocycles. The van der Waals surface area contributed by atoms with Crippen molar-refractivity contribution in [2.24, 2.45) is 0 Å². The van der Waals surface area contributed by atoms with E-state index < -0.39 is 0 Å².